The summed E-state index contributed by atoms with van der Waals surface area (Å²) in [6.45, 7) is 4.51. The van der Waals surface area contributed by atoms with Gasteiger partial charge in [-0.05, 0) is 13.0 Å². The molecule has 0 bridgehead atoms. The zero-order valence-electron chi connectivity index (χ0n) is 8.18. The van der Waals surface area contributed by atoms with E-state index in [9.17, 15) is 0 Å². The molecule has 14 heavy (non-hydrogen) atoms. The third kappa shape index (κ3) is 1.93. The molecule has 2 N–H and O–H groups in total. The van der Waals surface area contributed by atoms with E-state index in [-0.39, 0.29) is 6.10 Å². The number of ether oxygens (including phenoxy) is 1. The van der Waals surface area contributed by atoms with Crippen LogP contribution in [0.15, 0.2) is 12.3 Å². The van der Waals surface area contributed by atoms with Crippen LogP contribution in [-0.4, -0.2) is 35.8 Å². The molecule has 1 fully saturated rings. The number of anilines is 2. The molecule has 2 rings (SSSR count). The Morgan fingerprint density at radius 2 is 2.50 bits per heavy atom. The molecule has 0 amide bonds. The average molecular weight is 194 g/mol. The summed E-state index contributed by atoms with van der Waals surface area (Å²) in [4.78, 5) is 10.2. The van der Waals surface area contributed by atoms with Crippen molar-refractivity contribution in [1.29, 1.82) is 0 Å². The van der Waals surface area contributed by atoms with Gasteiger partial charge in [-0.1, -0.05) is 0 Å². The molecule has 0 saturated carbocycles. The first kappa shape index (κ1) is 9.21. The molecule has 1 atom stereocenters. The highest BCUT2D eigenvalue weighted by atomic mass is 16.5. The number of nitrogens with zero attached hydrogens (tertiary/aromatic N) is 3. The van der Waals surface area contributed by atoms with E-state index >= 15 is 0 Å². The molecule has 0 aliphatic carbocycles. The largest absolute Gasteiger partial charge is 0.375 e. The molecular weight excluding hydrogens is 180 g/mol. The van der Waals surface area contributed by atoms with Crippen LogP contribution in [0.5, 0.6) is 0 Å². The molecule has 1 aromatic heterocycles. The fourth-order valence-electron chi connectivity index (χ4n) is 1.57. The molecule has 2 heterocycles. The van der Waals surface area contributed by atoms with Crippen LogP contribution in [0.1, 0.15) is 6.92 Å². The molecule has 76 valence electrons. The standard InChI is InChI=1S/C9H14N4O/c1-7-6-13(4-5-14-7)8-2-3-11-9(10)12-8/h2-3,7H,4-6H2,1H3,(H2,10,11,12). The highest BCUT2D eigenvalue weighted by Gasteiger charge is 2.17. The topological polar surface area (TPSA) is 64.3 Å². The van der Waals surface area contributed by atoms with E-state index in [1.807, 2.05) is 6.07 Å². The smallest absolute Gasteiger partial charge is 0.221 e. The third-order valence-electron chi connectivity index (χ3n) is 2.22. The fraction of sp³-hybridized carbons (Fsp3) is 0.556. The van der Waals surface area contributed by atoms with Gasteiger partial charge in [0.1, 0.15) is 5.82 Å². The predicted molar refractivity (Wildman–Crippen MR) is 54.1 cm³/mol. The van der Waals surface area contributed by atoms with Gasteiger partial charge in [-0.15, -0.1) is 0 Å². The van der Waals surface area contributed by atoms with Crippen molar-refractivity contribution >= 4 is 11.8 Å². The highest BCUT2D eigenvalue weighted by Crippen LogP contribution is 2.14. The fourth-order valence-corrected chi connectivity index (χ4v) is 1.57. The van der Waals surface area contributed by atoms with Crippen molar-refractivity contribution in [2.24, 2.45) is 0 Å². The van der Waals surface area contributed by atoms with Crippen LogP contribution in [-0.2, 0) is 4.74 Å². The number of rotatable bonds is 1. The number of nitrogen functional groups attached to an aromatic ring is 1. The van der Waals surface area contributed by atoms with Crippen LogP contribution in [0.25, 0.3) is 0 Å². The number of hydrogen-bond acceptors (Lipinski definition) is 5. The summed E-state index contributed by atoms with van der Waals surface area (Å²) in [5.74, 6) is 1.20. The summed E-state index contributed by atoms with van der Waals surface area (Å²) >= 11 is 0. The first-order chi connectivity index (χ1) is 6.75. The lowest BCUT2D eigenvalue weighted by molar-refractivity contribution is 0.0529. The van der Waals surface area contributed by atoms with Crippen LogP contribution in [0, 0.1) is 0 Å². The molecule has 1 aliphatic rings. The van der Waals surface area contributed by atoms with Gasteiger partial charge in [-0.2, -0.15) is 4.98 Å². The average Bonchev–Trinajstić information content (AvgIpc) is 2.18. The Morgan fingerprint density at radius 3 is 3.21 bits per heavy atom. The molecule has 5 heteroatoms. The van der Waals surface area contributed by atoms with Crippen molar-refractivity contribution < 1.29 is 4.74 Å². The minimum atomic E-state index is 0.250. The van der Waals surface area contributed by atoms with Crippen molar-refractivity contribution in [2.75, 3.05) is 30.3 Å². The summed E-state index contributed by atoms with van der Waals surface area (Å²) in [6.07, 6.45) is 1.93. The first-order valence-electron chi connectivity index (χ1n) is 4.71. The summed E-state index contributed by atoms with van der Waals surface area (Å²) in [7, 11) is 0. The van der Waals surface area contributed by atoms with E-state index in [4.69, 9.17) is 10.5 Å². The van der Waals surface area contributed by atoms with E-state index in [0.29, 0.717) is 5.95 Å². The monoisotopic (exact) mass is 194 g/mol. The van der Waals surface area contributed by atoms with E-state index in [2.05, 4.69) is 21.8 Å². The van der Waals surface area contributed by atoms with E-state index in [1.54, 1.807) is 6.20 Å². The SMILES string of the molecule is CC1CN(c2ccnc(N)n2)CCO1. The van der Waals surface area contributed by atoms with Crippen LogP contribution in [0.2, 0.25) is 0 Å². The lowest BCUT2D eigenvalue weighted by Gasteiger charge is -2.31. The maximum Gasteiger partial charge on any atom is 0.221 e. The van der Waals surface area contributed by atoms with Gasteiger partial charge in [0.25, 0.3) is 0 Å². The van der Waals surface area contributed by atoms with E-state index < -0.39 is 0 Å². The Hall–Kier alpha value is -1.36. The van der Waals surface area contributed by atoms with Crippen molar-refractivity contribution in [2.45, 2.75) is 13.0 Å². The summed E-state index contributed by atoms with van der Waals surface area (Å²) in [5, 5.41) is 0. The van der Waals surface area contributed by atoms with Gasteiger partial charge < -0.3 is 15.4 Å². The zero-order chi connectivity index (χ0) is 9.97. The molecular formula is C9H14N4O. The van der Waals surface area contributed by atoms with Crippen LogP contribution >= 0.6 is 0 Å². The molecule has 1 aliphatic heterocycles. The van der Waals surface area contributed by atoms with Gasteiger partial charge in [0, 0.05) is 19.3 Å². The molecule has 0 radical (unpaired) electrons. The summed E-state index contributed by atoms with van der Waals surface area (Å²) in [5.41, 5.74) is 5.52. The Balaban J connectivity index is 2.14. The normalized spacial score (nSPS) is 22.4. The number of aromatic nitrogens is 2. The maximum atomic E-state index is 5.52. The lowest BCUT2D eigenvalue weighted by Crippen LogP contribution is -2.41. The number of morpholine rings is 1. The molecule has 1 saturated heterocycles. The zero-order valence-corrected chi connectivity index (χ0v) is 8.18. The van der Waals surface area contributed by atoms with E-state index in [0.717, 1.165) is 25.5 Å². The van der Waals surface area contributed by atoms with Gasteiger partial charge in [0.05, 0.1) is 12.7 Å². The Bertz CT molecular complexity index is 317. The van der Waals surface area contributed by atoms with Crippen molar-refractivity contribution in [3.8, 4) is 0 Å². The minimum Gasteiger partial charge on any atom is -0.375 e. The third-order valence-corrected chi connectivity index (χ3v) is 2.22. The lowest BCUT2D eigenvalue weighted by atomic mass is 10.3. The van der Waals surface area contributed by atoms with Crippen LogP contribution in [0.3, 0.4) is 0 Å². The quantitative estimate of drug-likeness (QED) is 0.695. The van der Waals surface area contributed by atoms with Crippen LogP contribution in [0.4, 0.5) is 11.8 Å². The van der Waals surface area contributed by atoms with Crippen molar-refractivity contribution in [1.82, 2.24) is 9.97 Å². The predicted octanol–water partition coefficient (Wildman–Crippen LogP) is 0.284. The Morgan fingerprint density at radius 1 is 1.64 bits per heavy atom. The summed E-state index contributed by atoms with van der Waals surface area (Å²) in [6, 6.07) is 1.87. The number of hydrogen-bond donors (Lipinski definition) is 1. The van der Waals surface area contributed by atoms with Gasteiger partial charge in [-0.3, -0.25) is 0 Å². The number of nitrogens with two attached hydrogens (primary N) is 1. The second-order valence-corrected chi connectivity index (χ2v) is 3.40. The maximum absolute atomic E-state index is 5.52. The van der Waals surface area contributed by atoms with Crippen molar-refractivity contribution in [3.05, 3.63) is 12.3 Å². The van der Waals surface area contributed by atoms with Gasteiger partial charge >= 0.3 is 0 Å². The Labute approximate surface area is 82.9 Å². The molecule has 5 nitrogen and oxygen atoms in total. The van der Waals surface area contributed by atoms with E-state index in [1.165, 1.54) is 0 Å². The second kappa shape index (κ2) is 3.79. The van der Waals surface area contributed by atoms with Gasteiger partial charge in [0.15, 0.2) is 0 Å². The summed E-state index contributed by atoms with van der Waals surface area (Å²) < 4.78 is 5.44. The highest BCUT2D eigenvalue weighted by molar-refractivity contribution is 5.41. The Kier molecular flexibility index (Phi) is 2.49. The molecule has 0 spiro atoms. The van der Waals surface area contributed by atoms with Gasteiger partial charge in [-0.25, -0.2) is 4.98 Å². The minimum absolute atomic E-state index is 0.250. The first-order valence-corrected chi connectivity index (χ1v) is 4.71. The van der Waals surface area contributed by atoms with Gasteiger partial charge in [0.2, 0.25) is 5.95 Å². The molecule has 0 aromatic carbocycles. The van der Waals surface area contributed by atoms with Crippen molar-refractivity contribution in [3.63, 3.8) is 0 Å². The van der Waals surface area contributed by atoms with Crippen LogP contribution < -0.4 is 10.6 Å². The molecule has 1 unspecified atom stereocenters. The molecule has 1 aromatic rings. The second-order valence-electron chi connectivity index (χ2n) is 3.40.